The molecule has 1 aliphatic heterocycles. The van der Waals surface area contributed by atoms with E-state index in [-0.39, 0.29) is 23.3 Å². The minimum Gasteiger partial charge on any atom is -0.325 e. The van der Waals surface area contributed by atoms with Crippen molar-refractivity contribution in [2.24, 2.45) is 7.05 Å². The molecule has 22 heavy (non-hydrogen) atoms. The zero-order chi connectivity index (χ0) is 16.0. The molecule has 3 rings (SSSR count). The SMILES string of the molecule is CCC(C)n1c(=O)n(C2CCNC2)c(=O)c2c1nc(C)n2C. The Labute approximate surface area is 128 Å². The predicted molar refractivity (Wildman–Crippen MR) is 85.5 cm³/mol. The molecular formula is C15H23N5O2. The number of fused-ring (bicyclic) bond motifs is 1. The van der Waals surface area contributed by atoms with Gasteiger partial charge in [-0.05, 0) is 33.2 Å². The Morgan fingerprint density at radius 2 is 2.14 bits per heavy atom. The summed E-state index contributed by atoms with van der Waals surface area (Å²) >= 11 is 0. The molecule has 1 fully saturated rings. The normalized spacial score (nSPS) is 19.9. The molecule has 0 radical (unpaired) electrons. The van der Waals surface area contributed by atoms with Gasteiger partial charge in [-0.25, -0.2) is 9.78 Å². The lowest BCUT2D eigenvalue weighted by molar-refractivity contribution is 0.443. The van der Waals surface area contributed by atoms with Crippen molar-refractivity contribution in [3.8, 4) is 0 Å². The summed E-state index contributed by atoms with van der Waals surface area (Å²) in [5.74, 6) is 0.742. The van der Waals surface area contributed by atoms with Crippen LogP contribution in [0.25, 0.3) is 11.2 Å². The second-order valence-electron chi connectivity index (χ2n) is 6.12. The molecule has 0 aliphatic carbocycles. The zero-order valence-electron chi connectivity index (χ0n) is 13.6. The molecule has 0 bridgehead atoms. The second-order valence-corrected chi connectivity index (χ2v) is 6.12. The van der Waals surface area contributed by atoms with Crippen molar-refractivity contribution in [3.63, 3.8) is 0 Å². The fourth-order valence-corrected chi connectivity index (χ4v) is 3.17. The van der Waals surface area contributed by atoms with E-state index < -0.39 is 0 Å². The molecule has 1 N–H and O–H groups in total. The highest BCUT2D eigenvalue weighted by Crippen LogP contribution is 2.18. The molecule has 1 aliphatic rings. The first-order chi connectivity index (χ1) is 10.5. The van der Waals surface area contributed by atoms with Crippen LogP contribution in [0.5, 0.6) is 0 Å². The zero-order valence-corrected chi connectivity index (χ0v) is 13.6. The number of imidazole rings is 1. The van der Waals surface area contributed by atoms with Gasteiger partial charge < -0.3 is 9.88 Å². The highest BCUT2D eigenvalue weighted by molar-refractivity contribution is 5.71. The van der Waals surface area contributed by atoms with Gasteiger partial charge in [0, 0.05) is 19.6 Å². The van der Waals surface area contributed by atoms with Crippen LogP contribution >= 0.6 is 0 Å². The van der Waals surface area contributed by atoms with E-state index in [9.17, 15) is 9.59 Å². The van der Waals surface area contributed by atoms with Crippen molar-refractivity contribution in [3.05, 3.63) is 26.7 Å². The van der Waals surface area contributed by atoms with Crippen molar-refractivity contribution in [1.82, 2.24) is 24.0 Å². The summed E-state index contributed by atoms with van der Waals surface area (Å²) in [6.07, 6.45) is 1.61. The second kappa shape index (κ2) is 5.39. The van der Waals surface area contributed by atoms with Gasteiger partial charge in [0.1, 0.15) is 5.82 Å². The third kappa shape index (κ3) is 2.03. The van der Waals surface area contributed by atoms with Crippen LogP contribution in [-0.2, 0) is 7.05 Å². The molecule has 0 spiro atoms. The van der Waals surface area contributed by atoms with Gasteiger partial charge in [-0.3, -0.25) is 13.9 Å². The standard InChI is InChI=1S/C15H23N5O2/c1-5-9(2)19-13-12(18(4)10(3)17-13)14(21)20(15(19)22)11-6-7-16-8-11/h9,11,16H,5-8H2,1-4H3. The van der Waals surface area contributed by atoms with Gasteiger partial charge in [-0.15, -0.1) is 0 Å². The Morgan fingerprint density at radius 3 is 2.73 bits per heavy atom. The summed E-state index contributed by atoms with van der Waals surface area (Å²) in [6, 6.07) is -0.0691. The quantitative estimate of drug-likeness (QED) is 0.906. The van der Waals surface area contributed by atoms with Gasteiger partial charge in [0.05, 0.1) is 6.04 Å². The lowest BCUT2D eigenvalue weighted by atomic mass is 10.2. The largest absolute Gasteiger partial charge is 0.333 e. The molecule has 2 unspecified atom stereocenters. The third-order valence-electron chi connectivity index (χ3n) is 4.79. The lowest BCUT2D eigenvalue weighted by Crippen LogP contribution is -2.44. The molecule has 120 valence electrons. The van der Waals surface area contributed by atoms with Gasteiger partial charge in [0.15, 0.2) is 11.2 Å². The van der Waals surface area contributed by atoms with Gasteiger partial charge in [0.2, 0.25) is 0 Å². The van der Waals surface area contributed by atoms with Crippen molar-refractivity contribution < 1.29 is 0 Å². The molecule has 3 heterocycles. The first-order valence-electron chi connectivity index (χ1n) is 7.88. The number of aromatic nitrogens is 4. The van der Waals surface area contributed by atoms with Crippen molar-refractivity contribution >= 4 is 11.2 Å². The summed E-state index contributed by atoms with van der Waals surface area (Å²) in [5.41, 5.74) is 0.561. The summed E-state index contributed by atoms with van der Waals surface area (Å²) in [5, 5.41) is 3.23. The smallest absolute Gasteiger partial charge is 0.325 e. The number of aryl methyl sites for hydroxylation is 2. The predicted octanol–water partition coefficient (Wildman–Crippen LogP) is 0.711. The average Bonchev–Trinajstić information content (AvgIpc) is 3.09. The third-order valence-corrected chi connectivity index (χ3v) is 4.79. The van der Waals surface area contributed by atoms with Gasteiger partial charge in [0.25, 0.3) is 5.56 Å². The first-order valence-corrected chi connectivity index (χ1v) is 7.88. The summed E-state index contributed by atoms with van der Waals surface area (Å²) < 4.78 is 4.90. The summed E-state index contributed by atoms with van der Waals surface area (Å²) in [4.78, 5) is 30.3. The monoisotopic (exact) mass is 305 g/mol. The molecule has 1 saturated heterocycles. The molecular weight excluding hydrogens is 282 g/mol. The van der Waals surface area contributed by atoms with Crippen LogP contribution in [0.4, 0.5) is 0 Å². The lowest BCUT2D eigenvalue weighted by Gasteiger charge is -2.19. The number of hydrogen-bond donors (Lipinski definition) is 1. The Morgan fingerprint density at radius 1 is 1.41 bits per heavy atom. The Kier molecular flexibility index (Phi) is 3.68. The molecule has 7 heteroatoms. The topological polar surface area (TPSA) is 73.8 Å². The summed E-state index contributed by atoms with van der Waals surface area (Å²) in [6.45, 7) is 7.38. The van der Waals surface area contributed by atoms with Crippen LogP contribution in [0, 0.1) is 6.92 Å². The fraction of sp³-hybridized carbons (Fsp3) is 0.667. The molecule has 2 aromatic rings. The highest BCUT2D eigenvalue weighted by atomic mass is 16.2. The van der Waals surface area contributed by atoms with Crippen LogP contribution in [0.1, 0.15) is 44.6 Å². The van der Waals surface area contributed by atoms with Crippen LogP contribution in [0.15, 0.2) is 9.59 Å². The van der Waals surface area contributed by atoms with E-state index in [2.05, 4.69) is 10.3 Å². The number of nitrogens with one attached hydrogen (secondary N) is 1. The average molecular weight is 305 g/mol. The van der Waals surface area contributed by atoms with E-state index in [1.165, 1.54) is 4.57 Å². The van der Waals surface area contributed by atoms with Gasteiger partial charge in [-0.2, -0.15) is 0 Å². The van der Waals surface area contributed by atoms with Crippen LogP contribution in [0.2, 0.25) is 0 Å². The number of rotatable bonds is 3. The molecule has 0 saturated carbocycles. The van der Waals surface area contributed by atoms with E-state index in [0.29, 0.717) is 17.7 Å². The van der Waals surface area contributed by atoms with Crippen molar-refractivity contribution in [2.45, 2.75) is 45.7 Å². The van der Waals surface area contributed by atoms with E-state index >= 15 is 0 Å². The molecule has 2 atom stereocenters. The van der Waals surface area contributed by atoms with Crippen molar-refractivity contribution in [1.29, 1.82) is 0 Å². The minimum atomic E-state index is -0.237. The van der Waals surface area contributed by atoms with Gasteiger partial charge in [-0.1, -0.05) is 6.92 Å². The number of hydrogen-bond acceptors (Lipinski definition) is 4. The molecule has 0 amide bonds. The Hall–Kier alpha value is -1.89. The van der Waals surface area contributed by atoms with Crippen LogP contribution in [0.3, 0.4) is 0 Å². The van der Waals surface area contributed by atoms with E-state index in [0.717, 1.165) is 25.2 Å². The maximum atomic E-state index is 13.0. The minimum absolute atomic E-state index is 0.00510. The Balaban J connectivity index is 2.43. The van der Waals surface area contributed by atoms with Gasteiger partial charge >= 0.3 is 5.69 Å². The van der Waals surface area contributed by atoms with E-state index in [1.54, 1.807) is 9.13 Å². The molecule has 2 aromatic heterocycles. The van der Waals surface area contributed by atoms with Crippen LogP contribution in [-0.4, -0.2) is 31.8 Å². The fourth-order valence-electron chi connectivity index (χ4n) is 3.17. The summed E-state index contributed by atoms with van der Waals surface area (Å²) in [7, 11) is 1.83. The van der Waals surface area contributed by atoms with E-state index in [1.807, 2.05) is 27.8 Å². The molecule has 0 aromatic carbocycles. The van der Waals surface area contributed by atoms with E-state index in [4.69, 9.17) is 0 Å². The molecule has 7 nitrogen and oxygen atoms in total. The highest BCUT2D eigenvalue weighted by Gasteiger charge is 2.26. The number of nitrogens with zero attached hydrogens (tertiary/aromatic N) is 4. The van der Waals surface area contributed by atoms with Crippen LogP contribution < -0.4 is 16.6 Å². The maximum Gasteiger partial charge on any atom is 0.333 e. The maximum absolute atomic E-state index is 13.0. The first kappa shape index (κ1) is 15.0. The van der Waals surface area contributed by atoms with Crippen molar-refractivity contribution in [2.75, 3.05) is 13.1 Å². The Bertz CT molecular complexity index is 823.